The van der Waals surface area contributed by atoms with Crippen LogP contribution < -0.4 is 4.72 Å². The van der Waals surface area contributed by atoms with Crippen molar-refractivity contribution >= 4 is 21.4 Å². The molecule has 0 aliphatic rings. The Morgan fingerprint density at radius 1 is 1.13 bits per heavy atom. The van der Waals surface area contributed by atoms with Gasteiger partial charge in [-0.2, -0.15) is 4.98 Å². The number of hydrogen-bond donors (Lipinski definition) is 1. The van der Waals surface area contributed by atoms with Crippen molar-refractivity contribution in [3.63, 3.8) is 0 Å². The molecule has 0 aliphatic carbocycles. The lowest BCUT2D eigenvalue weighted by Crippen LogP contribution is -2.22. The summed E-state index contributed by atoms with van der Waals surface area (Å²) in [6.07, 6.45) is 0. The summed E-state index contributed by atoms with van der Waals surface area (Å²) in [4.78, 5) is 5.15. The first kappa shape index (κ1) is 15.9. The fraction of sp³-hybridized carbons (Fsp3) is 0.200. The van der Waals surface area contributed by atoms with Crippen LogP contribution in [-0.4, -0.2) is 18.6 Å². The van der Waals surface area contributed by atoms with Gasteiger partial charge in [-0.3, -0.25) is 0 Å². The molecule has 3 aromatic rings. The van der Waals surface area contributed by atoms with Gasteiger partial charge in [-0.05, 0) is 26.0 Å². The quantitative estimate of drug-likeness (QED) is 0.765. The molecule has 0 fully saturated rings. The lowest BCUT2D eigenvalue weighted by molar-refractivity contribution is 0.376. The number of nitrogens with zero attached hydrogens (tertiary/aromatic N) is 2. The SMILES string of the molecule is Cc1ccc(-c2noc(CNS(=O)(=O)c3ccc(C)s3)n2)cc1. The highest BCUT2D eigenvalue weighted by atomic mass is 32.2. The molecule has 23 heavy (non-hydrogen) atoms. The van der Waals surface area contributed by atoms with Gasteiger partial charge in [0, 0.05) is 10.4 Å². The van der Waals surface area contributed by atoms with Crippen molar-refractivity contribution in [1.29, 1.82) is 0 Å². The summed E-state index contributed by atoms with van der Waals surface area (Å²) in [5.41, 5.74) is 1.96. The van der Waals surface area contributed by atoms with Crippen molar-refractivity contribution in [2.45, 2.75) is 24.6 Å². The molecule has 0 atom stereocenters. The van der Waals surface area contributed by atoms with Crippen molar-refractivity contribution in [1.82, 2.24) is 14.9 Å². The number of hydrogen-bond acceptors (Lipinski definition) is 6. The van der Waals surface area contributed by atoms with E-state index in [-0.39, 0.29) is 16.6 Å². The average molecular weight is 349 g/mol. The molecule has 1 N–H and O–H groups in total. The molecular formula is C15H15N3O3S2. The molecule has 0 amide bonds. The van der Waals surface area contributed by atoms with E-state index in [1.807, 2.05) is 38.1 Å². The van der Waals surface area contributed by atoms with Crippen LogP contribution in [-0.2, 0) is 16.6 Å². The Bertz CT molecular complexity index is 912. The second-order valence-electron chi connectivity index (χ2n) is 5.07. The molecular weight excluding hydrogens is 334 g/mol. The Labute approximate surface area is 138 Å². The van der Waals surface area contributed by atoms with Crippen molar-refractivity contribution < 1.29 is 12.9 Å². The van der Waals surface area contributed by atoms with Crippen LogP contribution in [0.5, 0.6) is 0 Å². The van der Waals surface area contributed by atoms with Gasteiger partial charge in [0.25, 0.3) is 10.0 Å². The van der Waals surface area contributed by atoms with Crippen molar-refractivity contribution in [2.24, 2.45) is 0 Å². The van der Waals surface area contributed by atoms with E-state index in [2.05, 4.69) is 14.9 Å². The van der Waals surface area contributed by atoms with Gasteiger partial charge in [0.15, 0.2) is 0 Å². The zero-order chi connectivity index (χ0) is 16.4. The highest BCUT2D eigenvalue weighted by molar-refractivity contribution is 7.91. The summed E-state index contributed by atoms with van der Waals surface area (Å²) in [5, 5.41) is 3.88. The van der Waals surface area contributed by atoms with Gasteiger partial charge in [0.05, 0.1) is 6.54 Å². The standard InChI is InChI=1S/C15H15N3O3S2/c1-10-3-6-12(7-4-10)15-17-13(21-18-15)9-16-23(19,20)14-8-5-11(2)22-14/h3-8,16H,9H2,1-2H3. The molecule has 0 aliphatic heterocycles. The maximum absolute atomic E-state index is 12.1. The van der Waals surface area contributed by atoms with E-state index < -0.39 is 10.0 Å². The molecule has 0 saturated carbocycles. The monoisotopic (exact) mass is 349 g/mol. The summed E-state index contributed by atoms with van der Waals surface area (Å²) in [6, 6.07) is 11.0. The van der Waals surface area contributed by atoms with E-state index in [0.29, 0.717) is 5.82 Å². The Kier molecular flexibility index (Phi) is 4.29. The van der Waals surface area contributed by atoms with E-state index in [4.69, 9.17) is 4.52 Å². The molecule has 0 radical (unpaired) electrons. The number of nitrogens with one attached hydrogen (secondary N) is 1. The number of benzene rings is 1. The smallest absolute Gasteiger partial charge is 0.250 e. The molecule has 1 aromatic carbocycles. The lowest BCUT2D eigenvalue weighted by Gasteiger charge is -2.00. The number of sulfonamides is 1. The van der Waals surface area contributed by atoms with Crippen molar-refractivity contribution in [2.75, 3.05) is 0 Å². The zero-order valence-electron chi connectivity index (χ0n) is 12.6. The summed E-state index contributed by atoms with van der Waals surface area (Å²) in [5.74, 6) is 0.656. The van der Waals surface area contributed by atoms with Crippen LogP contribution in [0.25, 0.3) is 11.4 Å². The summed E-state index contributed by atoms with van der Waals surface area (Å²) in [6.45, 7) is 3.81. The van der Waals surface area contributed by atoms with Crippen molar-refractivity contribution in [3.8, 4) is 11.4 Å². The minimum absolute atomic E-state index is 0.0435. The predicted octanol–water partition coefficient (Wildman–Crippen LogP) is 2.89. The van der Waals surface area contributed by atoms with E-state index in [1.54, 1.807) is 12.1 Å². The topological polar surface area (TPSA) is 85.1 Å². The molecule has 0 spiro atoms. The minimum Gasteiger partial charge on any atom is -0.338 e. The van der Waals surface area contributed by atoms with E-state index >= 15 is 0 Å². The zero-order valence-corrected chi connectivity index (χ0v) is 14.2. The number of aromatic nitrogens is 2. The second kappa shape index (κ2) is 6.23. The number of aryl methyl sites for hydroxylation is 2. The van der Waals surface area contributed by atoms with Crippen LogP contribution in [0.3, 0.4) is 0 Å². The highest BCUT2D eigenvalue weighted by Gasteiger charge is 2.17. The third-order valence-electron chi connectivity index (χ3n) is 3.17. The Hall–Kier alpha value is -2.03. The maximum atomic E-state index is 12.1. The third-order valence-corrected chi connectivity index (χ3v) is 6.07. The first-order valence-electron chi connectivity index (χ1n) is 6.90. The molecule has 6 nitrogen and oxygen atoms in total. The van der Waals surface area contributed by atoms with Crippen LogP contribution in [0.4, 0.5) is 0 Å². The third kappa shape index (κ3) is 3.66. The van der Waals surface area contributed by atoms with Gasteiger partial charge in [0.2, 0.25) is 11.7 Å². The van der Waals surface area contributed by atoms with Crippen LogP contribution in [0.15, 0.2) is 45.1 Å². The fourth-order valence-corrected chi connectivity index (χ4v) is 4.23. The predicted molar refractivity (Wildman–Crippen MR) is 87.6 cm³/mol. The van der Waals surface area contributed by atoms with Gasteiger partial charge < -0.3 is 4.52 Å². The maximum Gasteiger partial charge on any atom is 0.250 e. The highest BCUT2D eigenvalue weighted by Crippen LogP contribution is 2.21. The van der Waals surface area contributed by atoms with E-state index in [1.165, 1.54) is 11.3 Å². The molecule has 2 heterocycles. The summed E-state index contributed by atoms with van der Waals surface area (Å²) < 4.78 is 32.1. The first-order chi connectivity index (χ1) is 10.9. The summed E-state index contributed by atoms with van der Waals surface area (Å²) >= 11 is 1.22. The largest absolute Gasteiger partial charge is 0.338 e. The average Bonchev–Trinajstić information content (AvgIpc) is 3.15. The fourth-order valence-electron chi connectivity index (χ4n) is 1.93. The Morgan fingerprint density at radius 2 is 1.87 bits per heavy atom. The van der Waals surface area contributed by atoms with Crippen molar-refractivity contribution in [3.05, 3.63) is 52.7 Å². The molecule has 8 heteroatoms. The molecule has 0 saturated heterocycles. The molecule has 0 bridgehead atoms. The Balaban J connectivity index is 1.71. The van der Waals surface area contributed by atoms with Gasteiger partial charge in [-0.25, -0.2) is 13.1 Å². The minimum atomic E-state index is -3.56. The Morgan fingerprint density at radius 3 is 2.52 bits per heavy atom. The van der Waals surface area contributed by atoms with Gasteiger partial charge >= 0.3 is 0 Å². The van der Waals surface area contributed by atoms with E-state index in [9.17, 15) is 8.42 Å². The normalized spacial score (nSPS) is 11.7. The van der Waals surface area contributed by atoms with Crippen LogP contribution in [0, 0.1) is 13.8 Å². The number of rotatable bonds is 5. The molecule has 2 aromatic heterocycles. The molecule has 3 rings (SSSR count). The summed E-state index contributed by atoms with van der Waals surface area (Å²) in [7, 11) is -3.56. The second-order valence-corrected chi connectivity index (χ2v) is 8.35. The molecule has 0 unspecified atom stereocenters. The van der Waals surface area contributed by atoms with Crippen LogP contribution >= 0.6 is 11.3 Å². The van der Waals surface area contributed by atoms with Gasteiger partial charge in [-0.1, -0.05) is 35.0 Å². The lowest BCUT2D eigenvalue weighted by atomic mass is 10.1. The first-order valence-corrected chi connectivity index (χ1v) is 9.20. The van der Waals surface area contributed by atoms with E-state index in [0.717, 1.165) is 16.0 Å². The van der Waals surface area contributed by atoms with Gasteiger partial charge in [-0.15, -0.1) is 11.3 Å². The molecule has 120 valence electrons. The van der Waals surface area contributed by atoms with Gasteiger partial charge in [0.1, 0.15) is 4.21 Å². The van der Waals surface area contributed by atoms with Crippen LogP contribution in [0.2, 0.25) is 0 Å². The number of thiophene rings is 1. The van der Waals surface area contributed by atoms with Crippen LogP contribution in [0.1, 0.15) is 16.3 Å².